The highest BCUT2D eigenvalue weighted by atomic mass is 16.4. The van der Waals surface area contributed by atoms with Gasteiger partial charge in [0, 0.05) is 5.56 Å². The van der Waals surface area contributed by atoms with E-state index in [2.05, 4.69) is 15.5 Å². The number of aryl methyl sites for hydroxylation is 1. The third-order valence-electron chi connectivity index (χ3n) is 2.97. The van der Waals surface area contributed by atoms with E-state index in [1.54, 1.807) is 0 Å². The molecule has 2 heterocycles. The van der Waals surface area contributed by atoms with Gasteiger partial charge in [-0.3, -0.25) is 9.89 Å². The third-order valence-corrected chi connectivity index (χ3v) is 2.97. The summed E-state index contributed by atoms with van der Waals surface area (Å²) in [6.45, 7) is 3.90. The minimum absolute atomic E-state index is 0.117. The van der Waals surface area contributed by atoms with Crippen LogP contribution in [0.1, 0.15) is 45.0 Å². The zero-order valence-electron chi connectivity index (χ0n) is 11.2. The molecule has 0 radical (unpaired) electrons. The van der Waals surface area contributed by atoms with Gasteiger partial charge in [-0.05, 0) is 25.5 Å². The molecule has 0 aliphatic rings. The average Bonchev–Trinajstić information content (AvgIpc) is 3.02. The second-order valence-corrected chi connectivity index (χ2v) is 4.28. The molecule has 0 aliphatic carbocycles. The van der Waals surface area contributed by atoms with Gasteiger partial charge in [0.05, 0.1) is 12.2 Å². The molecule has 0 bridgehead atoms. The number of rotatable bonds is 5. The number of carboxylic acid groups (broad SMARTS) is 1. The second kappa shape index (κ2) is 5.60. The monoisotopic (exact) mass is 277 g/mol. The van der Waals surface area contributed by atoms with Crippen LogP contribution in [0.25, 0.3) is 0 Å². The minimum atomic E-state index is -1.14. The van der Waals surface area contributed by atoms with Gasteiger partial charge in [0.25, 0.3) is 5.91 Å². The average molecular weight is 277 g/mol. The van der Waals surface area contributed by atoms with Crippen LogP contribution in [0.3, 0.4) is 0 Å². The molecule has 2 rings (SSSR count). The lowest BCUT2D eigenvalue weighted by Gasteiger charge is -2.02. The molecule has 0 spiro atoms. The lowest BCUT2D eigenvalue weighted by atomic mass is 10.1. The Morgan fingerprint density at radius 1 is 1.45 bits per heavy atom. The number of aromatic nitrogens is 2. The Balaban J connectivity index is 2.00. The van der Waals surface area contributed by atoms with E-state index in [1.807, 2.05) is 13.8 Å². The zero-order chi connectivity index (χ0) is 14.7. The van der Waals surface area contributed by atoms with E-state index in [0.29, 0.717) is 11.5 Å². The topological polar surface area (TPSA) is 108 Å². The molecule has 1 amide bonds. The Hall–Kier alpha value is -2.57. The molecule has 0 unspecified atom stereocenters. The molecule has 0 saturated heterocycles. The number of nitrogens with one attached hydrogen (secondary N) is 2. The first kappa shape index (κ1) is 13.9. The Bertz CT molecular complexity index is 642. The number of aromatic carboxylic acids is 1. The van der Waals surface area contributed by atoms with Gasteiger partial charge in [0.1, 0.15) is 11.5 Å². The van der Waals surface area contributed by atoms with Crippen LogP contribution < -0.4 is 5.32 Å². The maximum Gasteiger partial charge on any atom is 0.371 e. The van der Waals surface area contributed by atoms with Crippen LogP contribution in [0.5, 0.6) is 0 Å². The van der Waals surface area contributed by atoms with Gasteiger partial charge in [0.2, 0.25) is 5.76 Å². The molecule has 7 nitrogen and oxygen atoms in total. The molecule has 2 aromatic heterocycles. The highest BCUT2D eigenvalue weighted by Gasteiger charge is 2.15. The predicted octanol–water partition coefficient (Wildman–Crippen LogP) is 1.50. The van der Waals surface area contributed by atoms with Crippen molar-refractivity contribution in [3.05, 3.63) is 40.6 Å². The van der Waals surface area contributed by atoms with Crippen molar-refractivity contribution < 1.29 is 19.1 Å². The van der Waals surface area contributed by atoms with Gasteiger partial charge < -0.3 is 14.8 Å². The Morgan fingerprint density at radius 2 is 2.20 bits per heavy atom. The van der Waals surface area contributed by atoms with Crippen molar-refractivity contribution >= 4 is 11.9 Å². The van der Waals surface area contributed by atoms with E-state index in [1.165, 1.54) is 12.1 Å². The molecule has 0 atom stereocenters. The highest BCUT2D eigenvalue weighted by molar-refractivity contribution is 5.93. The van der Waals surface area contributed by atoms with Crippen LogP contribution in [-0.2, 0) is 13.0 Å². The van der Waals surface area contributed by atoms with Gasteiger partial charge in [-0.2, -0.15) is 5.10 Å². The van der Waals surface area contributed by atoms with Crippen LogP contribution in [0.2, 0.25) is 0 Å². The highest BCUT2D eigenvalue weighted by Crippen LogP contribution is 2.11. The lowest BCUT2D eigenvalue weighted by molar-refractivity contribution is 0.0660. The Kier molecular flexibility index (Phi) is 3.88. The summed E-state index contributed by atoms with van der Waals surface area (Å²) in [5, 5.41) is 18.1. The number of carboxylic acids is 1. The predicted molar refractivity (Wildman–Crippen MR) is 69.5 cm³/mol. The molecule has 0 aromatic carbocycles. The van der Waals surface area contributed by atoms with Crippen LogP contribution >= 0.6 is 0 Å². The molecule has 106 valence electrons. The van der Waals surface area contributed by atoms with E-state index in [-0.39, 0.29) is 18.2 Å². The fourth-order valence-corrected chi connectivity index (χ4v) is 1.84. The molecule has 20 heavy (non-hydrogen) atoms. The van der Waals surface area contributed by atoms with Gasteiger partial charge in [-0.1, -0.05) is 6.92 Å². The van der Waals surface area contributed by atoms with E-state index in [9.17, 15) is 9.59 Å². The maximum absolute atomic E-state index is 12.0. The summed E-state index contributed by atoms with van der Waals surface area (Å²) in [7, 11) is 0. The number of H-pyrrole nitrogens is 1. The number of carbonyl (C=O) groups is 2. The first-order valence-corrected chi connectivity index (χ1v) is 6.17. The summed E-state index contributed by atoms with van der Waals surface area (Å²) in [5.41, 5.74) is 2.07. The normalized spacial score (nSPS) is 10.5. The first-order chi connectivity index (χ1) is 9.52. The smallest absolute Gasteiger partial charge is 0.371 e. The fourth-order valence-electron chi connectivity index (χ4n) is 1.84. The van der Waals surface area contributed by atoms with E-state index < -0.39 is 5.97 Å². The summed E-state index contributed by atoms with van der Waals surface area (Å²) >= 11 is 0. The number of aromatic amines is 1. The molecule has 0 fully saturated rings. The fraction of sp³-hybridized carbons (Fsp3) is 0.308. The standard InChI is InChI=1S/C13H15N3O4/c1-3-9-7(2)11(16-15-9)12(17)14-6-8-4-5-10(20-8)13(18)19/h4-5H,3,6H2,1-2H3,(H,14,17)(H,15,16)(H,18,19). The Morgan fingerprint density at radius 3 is 2.75 bits per heavy atom. The maximum atomic E-state index is 12.0. The van der Waals surface area contributed by atoms with E-state index in [4.69, 9.17) is 9.52 Å². The third kappa shape index (κ3) is 2.71. The number of carbonyl (C=O) groups excluding carboxylic acids is 1. The van der Waals surface area contributed by atoms with Gasteiger partial charge >= 0.3 is 5.97 Å². The Labute approximate surface area is 115 Å². The van der Waals surface area contributed by atoms with Crippen LogP contribution in [0.15, 0.2) is 16.5 Å². The molecular formula is C13H15N3O4. The summed E-state index contributed by atoms with van der Waals surface area (Å²) in [4.78, 5) is 22.6. The molecule has 3 N–H and O–H groups in total. The van der Waals surface area contributed by atoms with Crippen molar-refractivity contribution in [2.24, 2.45) is 0 Å². The number of nitrogens with zero attached hydrogens (tertiary/aromatic N) is 1. The molecule has 0 aliphatic heterocycles. The number of hydrogen-bond donors (Lipinski definition) is 3. The quantitative estimate of drug-likeness (QED) is 0.767. The van der Waals surface area contributed by atoms with Crippen LogP contribution in [-0.4, -0.2) is 27.2 Å². The van der Waals surface area contributed by atoms with Crippen molar-refractivity contribution in [2.75, 3.05) is 0 Å². The van der Waals surface area contributed by atoms with Gasteiger partial charge in [-0.25, -0.2) is 4.79 Å². The SMILES string of the molecule is CCc1n[nH]c(C(=O)NCc2ccc(C(=O)O)o2)c1C. The number of amides is 1. The minimum Gasteiger partial charge on any atom is -0.475 e. The molecule has 2 aromatic rings. The van der Waals surface area contributed by atoms with E-state index in [0.717, 1.165) is 17.7 Å². The van der Waals surface area contributed by atoms with Crippen LogP contribution in [0, 0.1) is 6.92 Å². The van der Waals surface area contributed by atoms with Gasteiger partial charge in [-0.15, -0.1) is 0 Å². The largest absolute Gasteiger partial charge is 0.475 e. The molecule has 7 heteroatoms. The summed E-state index contributed by atoms with van der Waals surface area (Å²) in [5.74, 6) is -1.22. The van der Waals surface area contributed by atoms with E-state index >= 15 is 0 Å². The van der Waals surface area contributed by atoms with Crippen molar-refractivity contribution in [3.8, 4) is 0 Å². The van der Waals surface area contributed by atoms with Crippen molar-refractivity contribution in [1.82, 2.24) is 15.5 Å². The first-order valence-electron chi connectivity index (χ1n) is 6.17. The van der Waals surface area contributed by atoms with Crippen LogP contribution in [0.4, 0.5) is 0 Å². The number of furan rings is 1. The lowest BCUT2D eigenvalue weighted by Crippen LogP contribution is -2.23. The molecular weight excluding hydrogens is 262 g/mol. The van der Waals surface area contributed by atoms with Gasteiger partial charge in [0.15, 0.2) is 0 Å². The zero-order valence-corrected chi connectivity index (χ0v) is 11.2. The number of hydrogen-bond acceptors (Lipinski definition) is 4. The van der Waals surface area contributed by atoms with Crippen molar-refractivity contribution in [1.29, 1.82) is 0 Å². The van der Waals surface area contributed by atoms with Crippen molar-refractivity contribution in [2.45, 2.75) is 26.8 Å². The second-order valence-electron chi connectivity index (χ2n) is 4.28. The summed E-state index contributed by atoms with van der Waals surface area (Å²) in [6, 6.07) is 2.86. The summed E-state index contributed by atoms with van der Waals surface area (Å²) in [6.07, 6.45) is 0.746. The van der Waals surface area contributed by atoms with Crippen molar-refractivity contribution in [3.63, 3.8) is 0 Å². The summed E-state index contributed by atoms with van der Waals surface area (Å²) < 4.78 is 5.05. The molecule has 0 saturated carbocycles.